The van der Waals surface area contributed by atoms with E-state index in [9.17, 15) is 4.79 Å². The highest BCUT2D eigenvalue weighted by atomic mass is 35.5. The summed E-state index contributed by atoms with van der Waals surface area (Å²) in [5, 5.41) is 0.998. The van der Waals surface area contributed by atoms with Gasteiger partial charge in [-0.3, -0.25) is 0 Å². The standard InChI is InChI=1S/C17H24N2O2.ClH/c1-12-5-6-14-13(8-16(20)21-15(14)7-12)9-19(4)11-17(2,3)10-18;/h5-8H,9-11,18H2,1-4H3;1H. The van der Waals surface area contributed by atoms with E-state index in [0.29, 0.717) is 18.7 Å². The van der Waals surface area contributed by atoms with E-state index in [4.69, 9.17) is 10.2 Å². The molecule has 0 amide bonds. The Labute approximate surface area is 137 Å². The first-order chi connectivity index (χ1) is 9.80. The lowest BCUT2D eigenvalue weighted by molar-refractivity contribution is 0.210. The SMILES string of the molecule is Cc1ccc2c(CN(C)CC(C)(C)CN)cc(=O)oc2c1.Cl. The van der Waals surface area contributed by atoms with Gasteiger partial charge in [0.25, 0.3) is 0 Å². The molecule has 0 aliphatic carbocycles. The van der Waals surface area contributed by atoms with Crippen LogP contribution in [0, 0.1) is 12.3 Å². The molecule has 1 aromatic heterocycles. The third kappa shape index (κ3) is 4.57. The molecule has 2 aromatic rings. The van der Waals surface area contributed by atoms with Gasteiger partial charge >= 0.3 is 5.63 Å². The van der Waals surface area contributed by atoms with Crippen molar-refractivity contribution in [2.75, 3.05) is 20.1 Å². The first kappa shape index (κ1) is 18.7. The van der Waals surface area contributed by atoms with Crippen LogP contribution >= 0.6 is 12.4 Å². The molecule has 0 radical (unpaired) electrons. The van der Waals surface area contributed by atoms with Crippen LogP contribution in [0.25, 0.3) is 11.0 Å². The minimum absolute atomic E-state index is 0. The van der Waals surface area contributed by atoms with Crippen molar-refractivity contribution < 1.29 is 4.42 Å². The van der Waals surface area contributed by atoms with E-state index in [1.54, 1.807) is 6.07 Å². The predicted octanol–water partition coefficient (Wildman–Crippen LogP) is 2.94. The molecule has 0 fully saturated rings. The molecule has 1 heterocycles. The molecule has 2 rings (SSSR count). The Hall–Kier alpha value is -1.36. The van der Waals surface area contributed by atoms with Crippen LogP contribution in [0.4, 0.5) is 0 Å². The van der Waals surface area contributed by atoms with E-state index in [-0.39, 0.29) is 23.4 Å². The molecule has 0 aliphatic rings. The lowest BCUT2D eigenvalue weighted by atomic mass is 9.93. The molecule has 0 aliphatic heterocycles. The topological polar surface area (TPSA) is 59.5 Å². The van der Waals surface area contributed by atoms with Crippen molar-refractivity contribution in [3.63, 3.8) is 0 Å². The van der Waals surface area contributed by atoms with Crippen molar-refractivity contribution in [2.24, 2.45) is 11.1 Å². The third-order valence-electron chi connectivity index (χ3n) is 3.68. The van der Waals surface area contributed by atoms with Gasteiger partial charge in [0.15, 0.2) is 0 Å². The van der Waals surface area contributed by atoms with Crippen LogP contribution < -0.4 is 11.4 Å². The molecule has 0 bridgehead atoms. The summed E-state index contributed by atoms with van der Waals surface area (Å²) in [4.78, 5) is 13.9. The highest BCUT2D eigenvalue weighted by molar-refractivity contribution is 5.85. The minimum atomic E-state index is -0.297. The van der Waals surface area contributed by atoms with Crippen molar-refractivity contribution in [1.29, 1.82) is 0 Å². The number of halogens is 1. The van der Waals surface area contributed by atoms with Gasteiger partial charge in [-0.15, -0.1) is 12.4 Å². The van der Waals surface area contributed by atoms with Crippen molar-refractivity contribution in [3.05, 3.63) is 45.8 Å². The molecule has 4 nitrogen and oxygen atoms in total. The van der Waals surface area contributed by atoms with Gasteiger partial charge < -0.3 is 15.1 Å². The summed E-state index contributed by atoms with van der Waals surface area (Å²) < 4.78 is 5.29. The van der Waals surface area contributed by atoms with Gasteiger partial charge in [0.05, 0.1) is 0 Å². The van der Waals surface area contributed by atoms with E-state index in [1.807, 2.05) is 32.2 Å². The van der Waals surface area contributed by atoms with Crippen LogP contribution in [-0.2, 0) is 6.54 Å². The molecule has 122 valence electrons. The summed E-state index contributed by atoms with van der Waals surface area (Å²) in [6, 6.07) is 7.55. The molecular weight excluding hydrogens is 300 g/mol. The Morgan fingerprint density at radius 3 is 2.59 bits per heavy atom. The zero-order valence-corrected chi connectivity index (χ0v) is 14.5. The molecule has 0 unspecified atom stereocenters. The van der Waals surface area contributed by atoms with Crippen molar-refractivity contribution >= 4 is 23.4 Å². The second kappa shape index (κ2) is 7.27. The number of rotatable bonds is 5. The molecule has 0 saturated carbocycles. The molecule has 0 atom stereocenters. The second-order valence-corrected chi connectivity index (χ2v) is 6.63. The van der Waals surface area contributed by atoms with E-state index in [0.717, 1.165) is 23.1 Å². The second-order valence-electron chi connectivity index (χ2n) is 6.63. The lowest BCUT2D eigenvalue weighted by Gasteiger charge is -2.29. The van der Waals surface area contributed by atoms with Crippen LogP contribution in [0.2, 0.25) is 0 Å². The first-order valence-corrected chi connectivity index (χ1v) is 7.23. The molecular formula is C17H25ClN2O2. The Morgan fingerprint density at radius 1 is 1.27 bits per heavy atom. The number of nitrogens with zero attached hydrogens (tertiary/aromatic N) is 1. The average Bonchev–Trinajstić information content (AvgIpc) is 2.37. The monoisotopic (exact) mass is 324 g/mol. The Balaban J connectivity index is 0.00000242. The number of nitrogens with two attached hydrogens (primary N) is 1. The molecule has 0 saturated heterocycles. The number of hydrogen-bond acceptors (Lipinski definition) is 4. The maximum absolute atomic E-state index is 11.7. The molecule has 0 spiro atoms. The van der Waals surface area contributed by atoms with Crippen LogP contribution in [0.1, 0.15) is 25.0 Å². The van der Waals surface area contributed by atoms with Crippen molar-refractivity contribution in [2.45, 2.75) is 27.3 Å². The molecule has 5 heteroatoms. The number of fused-ring (bicyclic) bond motifs is 1. The summed E-state index contributed by atoms with van der Waals surface area (Å²) in [5.41, 5.74) is 8.28. The predicted molar refractivity (Wildman–Crippen MR) is 93.6 cm³/mol. The molecule has 2 N–H and O–H groups in total. The highest BCUT2D eigenvalue weighted by Crippen LogP contribution is 2.21. The summed E-state index contributed by atoms with van der Waals surface area (Å²) in [5.74, 6) is 0. The van der Waals surface area contributed by atoms with Gasteiger partial charge in [0.1, 0.15) is 5.58 Å². The smallest absolute Gasteiger partial charge is 0.336 e. The van der Waals surface area contributed by atoms with Gasteiger partial charge in [0, 0.05) is 24.5 Å². The lowest BCUT2D eigenvalue weighted by Crippen LogP contribution is -2.36. The summed E-state index contributed by atoms with van der Waals surface area (Å²) in [6.45, 7) is 8.48. The summed E-state index contributed by atoms with van der Waals surface area (Å²) in [7, 11) is 2.05. The van der Waals surface area contributed by atoms with Gasteiger partial charge in [-0.2, -0.15) is 0 Å². The molecule has 1 aromatic carbocycles. The molecule has 22 heavy (non-hydrogen) atoms. The van der Waals surface area contributed by atoms with Gasteiger partial charge in [-0.05, 0) is 43.1 Å². The van der Waals surface area contributed by atoms with E-state index in [2.05, 4.69) is 18.7 Å². The van der Waals surface area contributed by atoms with Crippen LogP contribution in [0.3, 0.4) is 0 Å². The van der Waals surface area contributed by atoms with Gasteiger partial charge in [-0.25, -0.2) is 4.79 Å². The number of hydrogen-bond donors (Lipinski definition) is 1. The highest BCUT2D eigenvalue weighted by Gasteiger charge is 2.19. The Morgan fingerprint density at radius 2 is 1.95 bits per heavy atom. The van der Waals surface area contributed by atoms with Crippen LogP contribution in [0.5, 0.6) is 0 Å². The number of aryl methyl sites for hydroxylation is 1. The largest absolute Gasteiger partial charge is 0.423 e. The minimum Gasteiger partial charge on any atom is -0.423 e. The van der Waals surface area contributed by atoms with Crippen LogP contribution in [0.15, 0.2) is 33.5 Å². The van der Waals surface area contributed by atoms with Crippen molar-refractivity contribution in [3.8, 4) is 0 Å². The van der Waals surface area contributed by atoms with E-state index in [1.165, 1.54) is 0 Å². The third-order valence-corrected chi connectivity index (χ3v) is 3.68. The van der Waals surface area contributed by atoms with E-state index < -0.39 is 0 Å². The Kier molecular flexibility index (Phi) is 6.17. The van der Waals surface area contributed by atoms with E-state index >= 15 is 0 Å². The zero-order chi connectivity index (χ0) is 15.6. The fourth-order valence-electron chi connectivity index (χ4n) is 2.61. The number of benzene rings is 1. The normalized spacial score (nSPS) is 11.7. The fourth-order valence-corrected chi connectivity index (χ4v) is 2.61. The van der Waals surface area contributed by atoms with Gasteiger partial charge in [0.2, 0.25) is 0 Å². The quantitative estimate of drug-likeness (QED) is 0.859. The first-order valence-electron chi connectivity index (χ1n) is 7.23. The average molecular weight is 325 g/mol. The summed E-state index contributed by atoms with van der Waals surface area (Å²) in [6.07, 6.45) is 0. The zero-order valence-electron chi connectivity index (χ0n) is 13.7. The van der Waals surface area contributed by atoms with Gasteiger partial charge in [-0.1, -0.05) is 26.0 Å². The van der Waals surface area contributed by atoms with Crippen molar-refractivity contribution in [1.82, 2.24) is 4.90 Å². The Bertz CT molecular complexity index is 695. The van der Waals surface area contributed by atoms with Crippen LogP contribution in [-0.4, -0.2) is 25.0 Å². The maximum Gasteiger partial charge on any atom is 0.336 e. The fraction of sp³-hybridized carbons (Fsp3) is 0.471. The summed E-state index contributed by atoms with van der Waals surface area (Å²) >= 11 is 0. The maximum atomic E-state index is 11.7.